The molecule has 100 valence electrons. The minimum atomic E-state index is -0.295. The van der Waals surface area contributed by atoms with E-state index in [2.05, 4.69) is 20.3 Å². The smallest absolute Gasteiger partial charge is 0.330 e. The maximum absolute atomic E-state index is 13.1. The van der Waals surface area contributed by atoms with Crippen LogP contribution in [0.15, 0.2) is 18.2 Å². The average Bonchev–Trinajstić information content (AvgIpc) is 2.42. The van der Waals surface area contributed by atoms with E-state index in [-0.39, 0.29) is 17.8 Å². The molecule has 6 nitrogen and oxygen atoms in total. The monoisotopic (exact) mass is 264 g/mol. The molecule has 0 aliphatic heterocycles. The van der Waals surface area contributed by atoms with Gasteiger partial charge in [-0.3, -0.25) is 0 Å². The Bertz CT molecular complexity index is 570. The Kier molecular flexibility index (Phi) is 3.74. The lowest BCUT2D eigenvalue weighted by Crippen LogP contribution is -2.03. The van der Waals surface area contributed by atoms with Crippen LogP contribution in [0.4, 0.5) is 10.3 Å². The van der Waals surface area contributed by atoms with Gasteiger partial charge in [0, 0.05) is 7.05 Å². The average molecular weight is 264 g/mol. The number of aromatic nitrogens is 3. The van der Waals surface area contributed by atoms with E-state index < -0.39 is 0 Å². The van der Waals surface area contributed by atoms with Crippen LogP contribution in [-0.2, 0) is 0 Å². The van der Waals surface area contributed by atoms with Crippen LogP contribution in [0.5, 0.6) is 17.8 Å². The fourth-order valence-electron chi connectivity index (χ4n) is 1.37. The molecule has 0 aliphatic rings. The predicted octanol–water partition coefficient (Wildman–Crippen LogP) is 2.16. The maximum Gasteiger partial charge on any atom is 0.330 e. The lowest BCUT2D eigenvalue weighted by atomic mass is 10.2. The largest absolute Gasteiger partial charge is 0.467 e. The standard InChI is InChI=1S/C12H13FN4O2/c1-7-6-8(4-5-9(7)13)19-12-16-10(14-2)15-11(17-12)18-3/h4-6H,1-3H3,(H,14,15,16,17). The molecule has 0 saturated carbocycles. The fourth-order valence-corrected chi connectivity index (χ4v) is 1.37. The molecule has 0 fully saturated rings. The number of nitrogens with zero attached hydrogens (tertiary/aromatic N) is 3. The Hall–Kier alpha value is -2.44. The summed E-state index contributed by atoms with van der Waals surface area (Å²) in [5.74, 6) is 0.464. The Morgan fingerprint density at radius 2 is 1.89 bits per heavy atom. The molecule has 0 aliphatic carbocycles. The van der Waals surface area contributed by atoms with Crippen molar-refractivity contribution in [3.05, 3.63) is 29.6 Å². The topological polar surface area (TPSA) is 69.2 Å². The van der Waals surface area contributed by atoms with E-state index in [0.29, 0.717) is 17.3 Å². The summed E-state index contributed by atoms with van der Waals surface area (Å²) in [7, 11) is 3.11. The second-order valence-electron chi connectivity index (χ2n) is 3.69. The van der Waals surface area contributed by atoms with Gasteiger partial charge in [0.05, 0.1) is 7.11 Å². The first-order valence-electron chi connectivity index (χ1n) is 5.54. The Morgan fingerprint density at radius 3 is 2.53 bits per heavy atom. The number of anilines is 1. The van der Waals surface area contributed by atoms with Crippen molar-refractivity contribution >= 4 is 5.95 Å². The number of hydrogen-bond donors (Lipinski definition) is 1. The van der Waals surface area contributed by atoms with E-state index in [0.717, 1.165) is 0 Å². The highest BCUT2D eigenvalue weighted by molar-refractivity contribution is 5.32. The molecule has 0 amide bonds. The van der Waals surface area contributed by atoms with E-state index in [1.165, 1.54) is 19.2 Å². The quantitative estimate of drug-likeness (QED) is 0.912. The third-order valence-corrected chi connectivity index (χ3v) is 2.34. The molecule has 2 aromatic rings. The summed E-state index contributed by atoms with van der Waals surface area (Å²) < 4.78 is 23.5. The van der Waals surface area contributed by atoms with Crippen molar-refractivity contribution in [1.82, 2.24) is 15.0 Å². The number of rotatable bonds is 4. The van der Waals surface area contributed by atoms with Crippen LogP contribution in [0.2, 0.25) is 0 Å². The second kappa shape index (κ2) is 5.47. The van der Waals surface area contributed by atoms with Gasteiger partial charge >= 0.3 is 12.0 Å². The maximum atomic E-state index is 13.1. The Balaban J connectivity index is 2.29. The zero-order valence-corrected chi connectivity index (χ0v) is 10.8. The predicted molar refractivity (Wildman–Crippen MR) is 67.1 cm³/mol. The molecule has 0 atom stereocenters. The molecule has 0 bridgehead atoms. The van der Waals surface area contributed by atoms with Crippen LogP contribution in [-0.4, -0.2) is 29.1 Å². The van der Waals surface area contributed by atoms with Gasteiger partial charge in [0.15, 0.2) is 0 Å². The highest BCUT2D eigenvalue weighted by Crippen LogP contribution is 2.22. The Morgan fingerprint density at radius 1 is 1.16 bits per heavy atom. The molecule has 2 rings (SSSR count). The molecule has 0 spiro atoms. The van der Waals surface area contributed by atoms with Gasteiger partial charge in [0.2, 0.25) is 5.95 Å². The molecular weight excluding hydrogens is 251 g/mol. The van der Waals surface area contributed by atoms with E-state index in [1.807, 2.05) is 0 Å². The SMILES string of the molecule is CNc1nc(OC)nc(Oc2ccc(F)c(C)c2)n1. The molecule has 1 aromatic carbocycles. The van der Waals surface area contributed by atoms with E-state index in [1.54, 1.807) is 20.0 Å². The summed E-state index contributed by atoms with van der Waals surface area (Å²) in [5, 5.41) is 2.77. The number of benzene rings is 1. The van der Waals surface area contributed by atoms with Gasteiger partial charge in [0.1, 0.15) is 11.6 Å². The molecule has 0 saturated heterocycles. The summed E-state index contributed by atoms with van der Waals surface area (Å²) in [6.07, 6.45) is 0. The zero-order valence-electron chi connectivity index (χ0n) is 10.8. The van der Waals surface area contributed by atoms with Crippen molar-refractivity contribution < 1.29 is 13.9 Å². The summed E-state index contributed by atoms with van der Waals surface area (Å²) in [6.45, 7) is 1.65. The number of hydrogen-bond acceptors (Lipinski definition) is 6. The highest BCUT2D eigenvalue weighted by Gasteiger charge is 2.08. The zero-order chi connectivity index (χ0) is 13.8. The Labute approximate surface area is 109 Å². The third kappa shape index (κ3) is 3.06. The van der Waals surface area contributed by atoms with Crippen LogP contribution in [0.1, 0.15) is 5.56 Å². The van der Waals surface area contributed by atoms with Crippen molar-refractivity contribution in [1.29, 1.82) is 0 Å². The number of nitrogens with one attached hydrogen (secondary N) is 1. The summed E-state index contributed by atoms with van der Waals surface area (Å²) in [6, 6.07) is 4.58. The fraction of sp³-hybridized carbons (Fsp3) is 0.250. The van der Waals surface area contributed by atoms with E-state index in [4.69, 9.17) is 9.47 Å². The highest BCUT2D eigenvalue weighted by atomic mass is 19.1. The lowest BCUT2D eigenvalue weighted by molar-refractivity contribution is 0.360. The first-order chi connectivity index (χ1) is 9.12. The van der Waals surface area contributed by atoms with Gasteiger partial charge in [-0.05, 0) is 30.7 Å². The van der Waals surface area contributed by atoms with Gasteiger partial charge in [-0.1, -0.05) is 0 Å². The minimum Gasteiger partial charge on any atom is -0.467 e. The second-order valence-corrected chi connectivity index (χ2v) is 3.69. The molecule has 1 aromatic heterocycles. The van der Waals surface area contributed by atoms with Crippen molar-refractivity contribution in [3.8, 4) is 17.8 Å². The number of ether oxygens (including phenoxy) is 2. The van der Waals surface area contributed by atoms with Crippen molar-refractivity contribution in [3.63, 3.8) is 0 Å². The van der Waals surface area contributed by atoms with Crippen molar-refractivity contribution in [2.24, 2.45) is 0 Å². The summed E-state index contributed by atoms with van der Waals surface area (Å²) >= 11 is 0. The summed E-state index contributed by atoms with van der Waals surface area (Å²) in [4.78, 5) is 11.9. The van der Waals surface area contributed by atoms with Crippen LogP contribution in [0.3, 0.4) is 0 Å². The third-order valence-electron chi connectivity index (χ3n) is 2.34. The van der Waals surface area contributed by atoms with Crippen LogP contribution in [0, 0.1) is 12.7 Å². The van der Waals surface area contributed by atoms with Crippen molar-refractivity contribution in [2.45, 2.75) is 6.92 Å². The van der Waals surface area contributed by atoms with Crippen LogP contribution < -0.4 is 14.8 Å². The molecule has 0 unspecified atom stereocenters. The van der Waals surface area contributed by atoms with E-state index >= 15 is 0 Å². The molecule has 0 radical (unpaired) electrons. The number of halogens is 1. The molecule has 1 N–H and O–H groups in total. The lowest BCUT2D eigenvalue weighted by Gasteiger charge is -2.07. The number of methoxy groups -OCH3 is 1. The summed E-state index contributed by atoms with van der Waals surface area (Å²) in [5.41, 5.74) is 0.479. The van der Waals surface area contributed by atoms with Gasteiger partial charge in [-0.25, -0.2) is 4.39 Å². The molecular formula is C12H13FN4O2. The minimum absolute atomic E-state index is 0.0715. The first kappa shape index (κ1) is 13.0. The van der Waals surface area contributed by atoms with Gasteiger partial charge in [0.25, 0.3) is 0 Å². The van der Waals surface area contributed by atoms with Crippen molar-refractivity contribution in [2.75, 3.05) is 19.5 Å². The van der Waals surface area contributed by atoms with Gasteiger partial charge < -0.3 is 14.8 Å². The van der Waals surface area contributed by atoms with E-state index in [9.17, 15) is 4.39 Å². The van der Waals surface area contributed by atoms with Crippen LogP contribution >= 0.6 is 0 Å². The molecule has 1 heterocycles. The normalized spacial score (nSPS) is 10.1. The first-order valence-corrected chi connectivity index (χ1v) is 5.54. The van der Waals surface area contributed by atoms with Gasteiger partial charge in [-0.2, -0.15) is 9.97 Å². The van der Waals surface area contributed by atoms with Gasteiger partial charge in [-0.15, -0.1) is 4.98 Å². The molecule has 7 heteroatoms. The number of aryl methyl sites for hydroxylation is 1. The van der Waals surface area contributed by atoms with Crippen LogP contribution in [0.25, 0.3) is 0 Å². The molecule has 19 heavy (non-hydrogen) atoms.